The molecule has 168 valence electrons. The number of carbonyl (C=O) groups excluding carboxylic acids is 2. The molecule has 6 heteroatoms. The molecule has 0 bridgehead atoms. The van der Waals surface area contributed by atoms with Crippen LogP contribution in [0.3, 0.4) is 0 Å². The lowest BCUT2D eigenvalue weighted by Gasteiger charge is -2.09. The van der Waals surface area contributed by atoms with Gasteiger partial charge in [0.05, 0.1) is 18.2 Å². The van der Waals surface area contributed by atoms with Gasteiger partial charge in [-0.05, 0) is 42.7 Å². The molecule has 0 aliphatic rings. The molecule has 0 aliphatic carbocycles. The number of aryl methyl sites for hydroxylation is 1. The van der Waals surface area contributed by atoms with Gasteiger partial charge in [-0.3, -0.25) is 9.59 Å². The van der Waals surface area contributed by atoms with Gasteiger partial charge in [0.2, 0.25) is 5.76 Å². The Kier molecular flexibility index (Phi) is 8.20. The Morgan fingerprint density at radius 3 is 2.41 bits per heavy atom. The van der Waals surface area contributed by atoms with Gasteiger partial charge in [-0.2, -0.15) is 0 Å². The van der Waals surface area contributed by atoms with Gasteiger partial charge in [0.1, 0.15) is 0 Å². The van der Waals surface area contributed by atoms with Crippen molar-refractivity contribution in [1.29, 1.82) is 0 Å². The number of ether oxygens (including phenoxy) is 1. The van der Waals surface area contributed by atoms with Crippen molar-refractivity contribution in [2.75, 3.05) is 12.4 Å². The number of unbranched alkanes of at least 4 members (excludes halogenated alkanes) is 5. The normalized spacial score (nSPS) is 10.8. The van der Waals surface area contributed by atoms with Gasteiger partial charge in [-0.25, -0.2) is 4.79 Å². The molecule has 0 fully saturated rings. The van der Waals surface area contributed by atoms with E-state index in [0.717, 1.165) is 18.9 Å². The zero-order chi connectivity index (χ0) is 22.9. The Bertz CT molecular complexity index is 1130. The first kappa shape index (κ1) is 23.3. The lowest BCUT2D eigenvalue weighted by molar-refractivity contribution is 0.0565. The Balaban J connectivity index is 1.69. The van der Waals surface area contributed by atoms with Gasteiger partial charge in [-0.1, -0.05) is 57.2 Å². The van der Waals surface area contributed by atoms with Crippen molar-refractivity contribution in [3.63, 3.8) is 0 Å². The van der Waals surface area contributed by atoms with Crippen LogP contribution in [-0.2, 0) is 11.2 Å². The highest BCUT2D eigenvalue weighted by atomic mass is 16.5. The summed E-state index contributed by atoms with van der Waals surface area (Å²) in [6, 6.07) is 13.5. The minimum absolute atomic E-state index is 0.133. The smallest absolute Gasteiger partial charge is 0.374 e. The standard InChI is InChI=1S/C26H29NO5/c1-3-4-5-6-7-8-10-18-13-15-19(16-14-18)25(29)27-21-12-9-11-20-22(28)17-23(26(30)31-2)32-24(20)21/h9,11-17H,3-8,10H2,1-2H3,(H,27,29). The van der Waals surface area contributed by atoms with Crippen molar-refractivity contribution in [3.8, 4) is 0 Å². The first-order valence-corrected chi connectivity index (χ1v) is 11.1. The predicted molar refractivity (Wildman–Crippen MR) is 125 cm³/mol. The summed E-state index contributed by atoms with van der Waals surface area (Å²) >= 11 is 0. The second kappa shape index (κ2) is 11.3. The fourth-order valence-corrected chi connectivity index (χ4v) is 3.60. The number of methoxy groups -OCH3 is 1. The van der Waals surface area contributed by atoms with E-state index in [1.807, 2.05) is 12.1 Å². The summed E-state index contributed by atoms with van der Waals surface area (Å²) in [4.78, 5) is 36.9. The number of anilines is 1. The molecule has 0 spiro atoms. The summed E-state index contributed by atoms with van der Waals surface area (Å²) in [6.45, 7) is 2.22. The molecule has 32 heavy (non-hydrogen) atoms. The zero-order valence-corrected chi connectivity index (χ0v) is 18.6. The number of esters is 1. The molecule has 0 atom stereocenters. The third kappa shape index (κ3) is 5.84. The molecular formula is C26H29NO5. The minimum atomic E-state index is -0.758. The summed E-state index contributed by atoms with van der Waals surface area (Å²) in [5, 5.41) is 3.05. The average molecular weight is 436 g/mol. The van der Waals surface area contributed by atoms with Crippen LogP contribution in [0.4, 0.5) is 5.69 Å². The van der Waals surface area contributed by atoms with E-state index in [9.17, 15) is 14.4 Å². The van der Waals surface area contributed by atoms with Gasteiger partial charge < -0.3 is 14.5 Å². The maximum Gasteiger partial charge on any atom is 0.374 e. The predicted octanol–water partition coefficient (Wildman–Crippen LogP) is 5.73. The van der Waals surface area contributed by atoms with E-state index >= 15 is 0 Å². The number of amides is 1. The van der Waals surface area contributed by atoms with Crippen LogP contribution in [0.2, 0.25) is 0 Å². The molecule has 1 N–H and O–H groups in total. The molecule has 2 aromatic carbocycles. The lowest BCUT2D eigenvalue weighted by atomic mass is 10.0. The number of para-hydroxylation sites is 1. The molecular weight excluding hydrogens is 406 g/mol. The summed E-state index contributed by atoms with van der Waals surface area (Å²) in [7, 11) is 1.20. The summed E-state index contributed by atoms with van der Waals surface area (Å²) < 4.78 is 10.2. The molecule has 0 radical (unpaired) electrons. The van der Waals surface area contributed by atoms with Gasteiger partial charge in [0, 0.05) is 11.6 Å². The third-order valence-electron chi connectivity index (χ3n) is 5.42. The number of carbonyl (C=O) groups is 2. The minimum Gasteiger partial charge on any atom is -0.463 e. The Morgan fingerprint density at radius 1 is 0.969 bits per heavy atom. The Morgan fingerprint density at radius 2 is 1.69 bits per heavy atom. The van der Waals surface area contributed by atoms with Crippen molar-refractivity contribution >= 4 is 28.5 Å². The SMILES string of the molecule is CCCCCCCCc1ccc(C(=O)Nc2cccc3c(=O)cc(C(=O)OC)oc23)cc1. The number of benzene rings is 2. The quantitative estimate of drug-likeness (QED) is 0.324. The Labute approximate surface area is 187 Å². The number of hydrogen-bond donors (Lipinski definition) is 1. The number of rotatable bonds is 10. The van der Waals surface area contributed by atoms with Crippen molar-refractivity contribution in [2.45, 2.75) is 51.9 Å². The molecule has 6 nitrogen and oxygen atoms in total. The highest BCUT2D eigenvalue weighted by molar-refractivity contribution is 6.08. The number of hydrogen-bond acceptors (Lipinski definition) is 5. The number of fused-ring (bicyclic) bond motifs is 1. The van der Waals surface area contributed by atoms with Gasteiger partial charge in [0.15, 0.2) is 11.0 Å². The van der Waals surface area contributed by atoms with Crippen LogP contribution in [0.1, 0.15) is 71.9 Å². The molecule has 1 aromatic heterocycles. The van der Waals surface area contributed by atoms with Crippen LogP contribution >= 0.6 is 0 Å². The second-order valence-electron chi connectivity index (χ2n) is 7.82. The van der Waals surface area contributed by atoms with E-state index in [1.165, 1.54) is 44.8 Å². The van der Waals surface area contributed by atoms with Gasteiger partial charge >= 0.3 is 5.97 Å². The van der Waals surface area contributed by atoms with Crippen LogP contribution in [-0.4, -0.2) is 19.0 Å². The molecule has 0 saturated heterocycles. The van der Waals surface area contributed by atoms with Crippen molar-refractivity contribution < 1.29 is 18.7 Å². The van der Waals surface area contributed by atoms with Crippen molar-refractivity contribution in [1.82, 2.24) is 0 Å². The second-order valence-corrected chi connectivity index (χ2v) is 7.82. The highest BCUT2D eigenvalue weighted by Gasteiger charge is 2.16. The largest absolute Gasteiger partial charge is 0.463 e. The molecule has 1 amide bonds. The fourth-order valence-electron chi connectivity index (χ4n) is 3.60. The summed E-state index contributed by atoms with van der Waals surface area (Å²) in [6.07, 6.45) is 8.49. The van der Waals surface area contributed by atoms with Crippen LogP contribution < -0.4 is 10.7 Å². The van der Waals surface area contributed by atoms with E-state index in [4.69, 9.17) is 4.42 Å². The van der Waals surface area contributed by atoms with Crippen LogP contribution in [0.5, 0.6) is 0 Å². The van der Waals surface area contributed by atoms with E-state index in [-0.39, 0.29) is 28.1 Å². The van der Waals surface area contributed by atoms with Crippen LogP contribution in [0.15, 0.2) is 57.7 Å². The summed E-state index contributed by atoms with van der Waals surface area (Å²) in [5.74, 6) is -1.30. The summed E-state index contributed by atoms with van der Waals surface area (Å²) in [5.41, 5.74) is 1.76. The van der Waals surface area contributed by atoms with E-state index < -0.39 is 5.97 Å². The fraction of sp³-hybridized carbons (Fsp3) is 0.346. The molecule has 0 aliphatic heterocycles. The van der Waals surface area contributed by atoms with Gasteiger partial charge in [0.25, 0.3) is 5.91 Å². The molecule has 1 heterocycles. The van der Waals surface area contributed by atoms with E-state index in [0.29, 0.717) is 11.3 Å². The van der Waals surface area contributed by atoms with Gasteiger partial charge in [-0.15, -0.1) is 0 Å². The first-order valence-electron chi connectivity index (χ1n) is 11.1. The number of nitrogens with one attached hydrogen (secondary N) is 1. The maximum absolute atomic E-state index is 12.8. The van der Waals surface area contributed by atoms with Crippen molar-refractivity contribution in [2.24, 2.45) is 0 Å². The zero-order valence-electron chi connectivity index (χ0n) is 18.6. The van der Waals surface area contributed by atoms with Crippen molar-refractivity contribution in [3.05, 3.63) is 75.6 Å². The van der Waals surface area contributed by atoms with E-state index in [1.54, 1.807) is 30.3 Å². The monoisotopic (exact) mass is 435 g/mol. The average Bonchev–Trinajstić information content (AvgIpc) is 2.81. The lowest BCUT2D eigenvalue weighted by Crippen LogP contribution is -2.14. The molecule has 3 rings (SSSR count). The highest BCUT2D eigenvalue weighted by Crippen LogP contribution is 2.23. The first-order chi connectivity index (χ1) is 15.5. The third-order valence-corrected chi connectivity index (χ3v) is 5.42. The van der Waals surface area contributed by atoms with E-state index in [2.05, 4.69) is 17.0 Å². The molecule has 3 aromatic rings. The maximum atomic E-state index is 12.8. The van der Waals surface area contributed by atoms with Crippen LogP contribution in [0.25, 0.3) is 11.0 Å². The topological polar surface area (TPSA) is 85.6 Å². The molecule has 0 saturated carbocycles. The van der Waals surface area contributed by atoms with Crippen LogP contribution in [0, 0.1) is 0 Å². The Hall–Kier alpha value is -3.41. The molecule has 0 unspecified atom stereocenters.